The van der Waals surface area contributed by atoms with E-state index in [-0.39, 0.29) is 5.91 Å². The largest absolute Gasteiger partial charge is 0.304 e. The van der Waals surface area contributed by atoms with Crippen LogP contribution >= 0.6 is 0 Å². The molecule has 0 aliphatic carbocycles. The number of anilines is 1. The first kappa shape index (κ1) is 13.0. The van der Waals surface area contributed by atoms with Gasteiger partial charge >= 0.3 is 0 Å². The van der Waals surface area contributed by atoms with Crippen LogP contribution in [0.5, 0.6) is 0 Å². The van der Waals surface area contributed by atoms with Crippen LogP contribution in [-0.2, 0) is 7.05 Å². The summed E-state index contributed by atoms with van der Waals surface area (Å²) < 4.78 is 3.34. The molecule has 0 aliphatic rings. The number of carbonyl (C=O) groups excluding carboxylic acids is 1. The zero-order chi connectivity index (χ0) is 14.8. The molecule has 0 bridgehead atoms. The smallest absolute Gasteiger partial charge is 0.256 e. The van der Waals surface area contributed by atoms with Gasteiger partial charge in [0.2, 0.25) is 0 Å². The van der Waals surface area contributed by atoms with Gasteiger partial charge in [0.05, 0.1) is 11.9 Å². The van der Waals surface area contributed by atoms with E-state index in [9.17, 15) is 4.79 Å². The molecule has 106 valence electrons. The predicted molar refractivity (Wildman–Crippen MR) is 77.3 cm³/mol. The molecule has 0 saturated heterocycles. The maximum absolute atomic E-state index is 12.1. The Hall–Kier alpha value is -2.96. The van der Waals surface area contributed by atoms with Crippen LogP contribution in [0.1, 0.15) is 16.1 Å². The summed E-state index contributed by atoms with van der Waals surface area (Å²) in [5.74, 6) is 0.203. The van der Waals surface area contributed by atoms with E-state index in [0.29, 0.717) is 11.4 Å². The highest BCUT2D eigenvalue weighted by atomic mass is 16.1. The molecule has 1 N–H and O–H groups in total. The molecule has 7 heteroatoms. The number of nitrogens with one attached hydrogen (secondary N) is 1. The number of nitrogens with zero attached hydrogens (tertiary/aromatic N) is 5. The summed E-state index contributed by atoms with van der Waals surface area (Å²) >= 11 is 0. The maximum atomic E-state index is 12.1. The molecule has 21 heavy (non-hydrogen) atoms. The van der Waals surface area contributed by atoms with Gasteiger partial charge in [-0.25, -0.2) is 4.68 Å². The summed E-state index contributed by atoms with van der Waals surface area (Å²) in [7, 11) is 1.74. The quantitative estimate of drug-likeness (QED) is 0.791. The van der Waals surface area contributed by atoms with Crippen LogP contribution < -0.4 is 5.32 Å². The van der Waals surface area contributed by atoms with Crippen LogP contribution in [0.4, 0.5) is 5.82 Å². The van der Waals surface area contributed by atoms with Crippen molar-refractivity contribution in [2.45, 2.75) is 6.92 Å². The van der Waals surface area contributed by atoms with Crippen molar-refractivity contribution in [3.8, 4) is 5.69 Å². The van der Waals surface area contributed by atoms with Gasteiger partial charge in [-0.15, -0.1) is 5.10 Å². The van der Waals surface area contributed by atoms with E-state index in [0.717, 1.165) is 11.4 Å². The summed E-state index contributed by atoms with van der Waals surface area (Å²) in [4.78, 5) is 12.1. The third kappa shape index (κ3) is 2.66. The lowest BCUT2D eigenvalue weighted by atomic mass is 10.2. The minimum atomic E-state index is -0.223. The SMILES string of the molecule is Cc1ccnn1-c1ccc(C(=O)Nc2cn(C)nn2)cc1. The van der Waals surface area contributed by atoms with Crippen molar-refractivity contribution in [1.82, 2.24) is 24.8 Å². The molecule has 0 atom stereocenters. The summed E-state index contributed by atoms with van der Waals surface area (Å²) in [5, 5.41) is 14.5. The van der Waals surface area contributed by atoms with E-state index in [4.69, 9.17) is 0 Å². The van der Waals surface area contributed by atoms with Gasteiger partial charge in [-0.2, -0.15) is 5.10 Å². The van der Waals surface area contributed by atoms with Gasteiger partial charge in [0.25, 0.3) is 5.91 Å². The number of hydrogen-bond donors (Lipinski definition) is 1. The molecule has 0 radical (unpaired) electrons. The highest BCUT2D eigenvalue weighted by Crippen LogP contribution is 2.12. The van der Waals surface area contributed by atoms with Gasteiger partial charge in [0, 0.05) is 24.5 Å². The second-order valence-corrected chi connectivity index (χ2v) is 4.66. The third-order valence-corrected chi connectivity index (χ3v) is 3.05. The normalized spacial score (nSPS) is 10.6. The first-order chi connectivity index (χ1) is 10.1. The van der Waals surface area contributed by atoms with Gasteiger partial charge in [-0.1, -0.05) is 5.21 Å². The van der Waals surface area contributed by atoms with Crippen LogP contribution in [0.15, 0.2) is 42.7 Å². The van der Waals surface area contributed by atoms with E-state index >= 15 is 0 Å². The fourth-order valence-electron chi connectivity index (χ4n) is 1.99. The van der Waals surface area contributed by atoms with Crippen molar-refractivity contribution in [3.63, 3.8) is 0 Å². The molecular formula is C14H14N6O. The van der Waals surface area contributed by atoms with Crippen LogP contribution in [0, 0.1) is 6.92 Å². The van der Waals surface area contributed by atoms with Crippen LogP contribution in [0.25, 0.3) is 5.69 Å². The summed E-state index contributed by atoms with van der Waals surface area (Å²) in [6, 6.07) is 9.14. The lowest BCUT2D eigenvalue weighted by Crippen LogP contribution is -2.12. The lowest BCUT2D eigenvalue weighted by Gasteiger charge is -2.06. The number of aromatic nitrogens is 5. The zero-order valence-electron chi connectivity index (χ0n) is 11.7. The Balaban J connectivity index is 1.78. The third-order valence-electron chi connectivity index (χ3n) is 3.05. The van der Waals surface area contributed by atoms with E-state index in [1.54, 1.807) is 31.6 Å². The molecule has 1 amide bonds. The molecule has 0 unspecified atom stereocenters. The number of aryl methyl sites for hydroxylation is 2. The second-order valence-electron chi connectivity index (χ2n) is 4.66. The van der Waals surface area contributed by atoms with Crippen molar-refractivity contribution < 1.29 is 4.79 Å². The Morgan fingerprint density at radius 2 is 1.95 bits per heavy atom. The van der Waals surface area contributed by atoms with Crippen LogP contribution in [-0.4, -0.2) is 30.7 Å². The lowest BCUT2D eigenvalue weighted by molar-refractivity contribution is 0.102. The second kappa shape index (κ2) is 5.20. The fourth-order valence-corrected chi connectivity index (χ4v) is 1.99. The number of amides is 1. The zero-order valence-corrected chi connectivity index (χ0v) is 11.7. The molecular weight excluding hydrogens is 268 g/mol. The van der Waals surface area contributed by atoms with Gasteiger partial charge in [-0.3, -0.25) is 9.48 Å². The Labute approximate surface area is 121 Å². The Kier molecular flexibility index (Phi) is 3.23. The summed E-state index contributed by atoms with van der Waals surface area (Å²) in [6.45, 7) is 1.97. The molecule has 0 fully saturated rings. The first-order valence-electron chi connectivity index (χ1n) is 6.42. The van der Waals surface area contributed by atoms with E-state index in [1.807, 2.05) is 29.8 Å². The molecule has 2 aromatic heterocycles. The van der Waals surface area contributed by atoms with Crippen LogP contribution in [0.3, 0.4) is 0 Å². The van der Waals surface area contributed by atoms with Crippen molar-refractivity contribution >= 4 is 11.7 Å². The predicted octanol–water partition coefficient (Wildman–Crippen LogP) is 1.56. The minimum Gasteiger partial charge on any atom is -0.304 e. The van der Waals surface area contributed by atoms with Gasteiger partial charge in [-0.05, 0) is 37.3 Å². The molecule has 3 aromatic rings. The topological polar surface area (TPSA) is 77.6 Å². The van der Waals surface area contributed by atoms with E-state index in [2.05, 4.69) is 20.7 Å². The van der Waals surface area contributed by atoms with Crippen molar-refractivity contribution in [3.05, 3.63) is 54.0 Å². The van der Waals surface area contributed by atoms with Gasteiger partial charge in [0.15, 0.2) is 5.82 Å². The van der Waals surface area contributed by atoms with Crippen LogP contribution in [0.2, 0.25) is 0 Å². The number of benzene rings is 1. The molecule has 0 spiro atoms. The highest BCUT2D eigenvalue weighted by molar-refractivity contribution is 6.03. The summed E-state index contributed by atoms with van der Waals surface area (Å²) in [6.07, 6.45) is 3.38. The molecule has 7 nitrogen and oxygen atoms in total. The Bertz CT molecular complexity index is 771. The standard InChI is InChI=1S/C14H14N6O/c1-10-7-8-15-20(10)12-5-3-11(4-6-12)14(21)16-13-9-19(2)18-17-13/h3-9H,1-2H3,(H,16,21). The molecule has 3 rings (SSSR count). The van der Waals surface area contributed by atoms with Crippen molar-refractivity contribution in [2.75, 3.05) is 5.32 Å². The van der Waals surface area contributed by atoms with Gasteiger partial charge in [0.1, 0.15) is 0 Å². The minimum absolute atomic E-state index is 0.223. The average molecular weight is 282 g/mol. The first-order valence-corrected chi connectivity index (χ1v) is 6.42. The maximum Gasteiger partial charge on any atom is 0.256 e. The Morgan fingerprint density at radius 1 is 1.19 bits per heavy atom. The Morgan fingerprint density at radius 3 is 2.52 bits per heavy atom. The highest BCUT2D eigenvalue weighted by Gasteiger charge is 2.09. The molecule has 2 heterocycles. The molecule has 0 aliphatic heterocycles. The average Bonchev–Trinajstić information content (AvgIpc) is 3.08. The molecule has 1 aromatic carbocycles. The van der Waals surface area contributed by atoms with Gasteiger partial charge < -0.3 is 5.32 Å². The number of carbonyl (C=O) groups is 1. The van der Waals surface area contributed by atoms with E-state index < -0.39 is 0 Å². The van der Waals surface area contributed by atoms with Crippen molar-refractivity contribution in [2.24, 2.45) is 7.05 Å². The summed E-state index contributed by atoms with van der Waals surface area (Å²) in [5.41, 5.74) is 2.49. The van der Waals surface area contributed by atoms with E-state index in [1.165, 1.54) is 4.68 Å². The molecule has 0 saturated carbocycles. The van der Waals surface area contributed by atoms with Crippen molar-refractivity contribution in [1.29, 1.82) is 0 Å². The number of rotatable bonds is 3. The number of hydrogen-bond acceptors (Lipinski definition) is 4. The fraction of sp³-hybridized carbons (Fsp3) is 0.143. The monoisotopic (exact) mass is 282 g/mol.